The standard InChI is InChI=1S/C27H31F3N4O5/c1-27(2,14-38-13-23(35)33(3)4)16-6-7-20-17(11-31-34(20)12-16)15-8-21(37-5)24(22(9-15)39-26(29)30)25(36)32-19-10-18(19)28/h6-9,11-12,18-19,26H,10,13-14H2,1-5H3,(H,32,36)/t18-,19+/m0/s1. The fourth-order valence-corrected chi connectivity index (χ4v) is 4.09. The number of alkyl halides is 3. The van der Waals surface area contributed by atoms with Crippen LogP contribution in [0.15, 0.2) is 36.7 Å². The Morgan fingerprint density at radius 1 is 1.23 bits per heavy atom. The van der Waals surface area contributed by atoms with Crippen molar-refractivity contribution in [2.45, 2.75) is 44.5 Å². The zero-order valence-electron chi connectivity index (χ0n) is 22.3. The van der Waals surface area contributed by atoms with Crippen molar-refractivity contribution in [1.82, 2.24) is 19.8 Å². The van der Waals surface area contributed by atoms with Crippen LogP contribution in [-0.2, 0) is 14.9 Å². The number of methoxy groups -OCH3 is 1. The maximum Gasteiger partial charge on any atom is 0.387 e. The number of pyridine rings is 1. The molecule has 2 atom stereocenters. The van der Waals surface area contributed by atoms with E-state index < -0.39 is 35.9 Å². The Bertz CT molecular complexity index is 1370. The van der Waals surface area contributed by atoms with E-state index in [0.29, 0.717) is 23.3 Å². The Balaban J connectivity index is 1.65. The molecule has 0 aliphatic heterocycles. The summed E-state index contributed by atoms with van der Waals surface area (Å²) >= 11 is 0. The first-order valence-corrected chi connectivity index (χ1v) is 12.3. The van der Waals surface area contributed by atoms with Crippen LogP contribution in [0.25, 0.3) is 16.6 Å². The number of ether oxygens (including phenoxy) is 3. The second-order valence-electron chi connectivity index (χ2n) is 10.2. The molecule has 1 N–H and O–H groups in total. The van der Waals surface area contributed by atoms with Crippen LogP contribution >= 0.6 is 0 Å². The van der Waals surface area contributed by atoms with Gasteiger partial charge in [0.1, 0.15) is 29.8 Å². The lowest BCUT2D eigenvalue weighted by molar-refractivity contribution is -0.134. The van der Waals surface area contributed by atoms with Gasteiger partial charge in [-0.2, -0.15) is 13.9 Å². The van der Waals surface area contributed by atoms with E-state index in [9.17, 15) is 22.8 Å². The second kappa shape index (κ2) is 11.1. The van der Waals surface area contributed by atoms with E-state index in [1.54, 1.807) is 24.8 Å². The van der Waals surface area contributed by atoms with Crippen molar-refractivity contribution in [2.24, 2.45) is 0 Å². The molecule has 4 rings (SSSR count). The summed E-state index contributed by atoms with van der Waals surface area (Å²) in [6.07, 6.45) is 2.39. The van der Waals surface area contributed by atoms with Gasteiger partial charge in [-0.05, 0) is 29.3 Å². The van der Waals surface area contributed by atoms with Crippen molar-refractivity contribution in [2.75, 3.05) is 34.4 Å². The van der Waals surface area contributed by atoms with E-state index in [0.717, 1.165) is 5.56 Å². The van der Waals surface area contributed by atoms with Crippen LogP contribution in [-0.4, -0.2) is 79.6 Å². The first kappa shape index (κ1) is 28.2. The van der Waals surface area contributed by atoms with Crippen LogP contribution in [0, 0.1) is 0 Å². The topological polar surface area (TPSA) is 94.4 Å². The third-order valence-electron chi connectivity index (χ3n) is 6.55. The van der Waals surface area contributed by atoms with E-state index in [1.165, 1.54) is 24.1 Å². The molecule has 1 aromatic carbocycles. The minimum absolute atomic E-state index is 0.00164. The highest BCUT2D eigenvalue weighted by atomic mass is 19.3. The zero-order valence-corrected chi connectivity index (χ0v) is 22.3. The first-order chi connectivity index (χ1) is 18.4. The van der Waals surface area contributed by atoms with Gasteiger partial charge in [0.05, 0.1) is 31.5 Å². The number of hydrogen-bond donors (Lipinski definition) is 1. The number of hydrogen-bond acceptors (Lipinski definition) is 6. The van der Waals surface area contributed by atoms with Crippen LogP contribution in [0.1, 0.15) is 36.2 Å². The first-order valence-electron chi connectivity index (χ1n) is 12.3. The zero-order chi connectivity index (χ0) is 28.5. The van der Waals surface area contributed by atoms with E-state index in [1.807, 2.05) is 32.2 Å². The number of carbonyl (C=O) groups excluding carboxylic acids is 2. The molecule has 39 heavy (non-hydrogen) atoms. The van der Waals surface area contributed by atoms with Gasteiger partial charge in [0.2, 0.25) is 5.91 Å². The van der Waals surface area contributed by atoms with Gasteiger partial charge in [0.15, 0.2) is 0 Å². The number of likely N-dealkylation sites (N-methyl/N-ethyl adjacent to an activating group) is 1. The molecule has 9 nitrogen and oxygen atoms in total. The molecule has 0 radical (unpaired) electrons. The van der Waals surface area contributed by atoms with Gasteiger partial charge in [-0.3, -0.25) is 9.59 Å². The summed E-state index contributed by atoms with van der Waals surface area (Å²) in [4.78, 5) is 26.1. The number of amides is 2. The van der Waals surface area contributed by atoms with Crippen molar-refractivity contribution < 1.29 is 37.0 Å². The van der Waals surface area contributed by atoms with Gasteiger partial charge in [-0.15, -0.1) is 0 Å². The van der Waals surface area contributed by atoms with Gasteiger partial charge in [-0.1, -0.05) is 19.9 Å². The highest BCUT2D eigenvalue weighted by Gasteiger charge is 2.40. The number of benzene rings is 1. The number of rotatable bonds is 11. The third-order valence-corrected chi connectivity index (χ3v) is 6.55. The molecule has 2 aromatic heterocycles. The van der Waals surface area contributed by atoms with E-state index in [-0.39, 0.29) is 30.2 Å². The lowest BCUT2D eigenvalue weighted by Crippen LogP contribution is -2.30. The van der Waals surface area contributed by atoms with E-state index in [4.69, 9.17) is 9.47 Å². The molecular weight excluding hydrogens is 517 g/mol. The van der Waals surface area contributed by atoms with Gasteiger partial charge >= 0.3 is 6.61 Å². The summed E-state index contributed by atoms with van der Waals surface area (Å²) in [5, 5.41) is 6.90. The molecule has 3 aromatic rings. The number of aromatic nitrogens is 2. The Hall–Kier alpha value is -3.80. The van der Waals surface area contributed by atoms with Crippen LogP contribution in [0.3, 0.4) is 0 Å². The highest BCUT2D eigenvalue weighted by molar-refractivity contribution is 6.01. The second-order valence-corrected chi connectivity index (χ2v) is 10.2. The Morgan fingerprint density at radius 2 is 1.92 bits per heavy atom. The molecule has 0 unspecified atom stereocenters. The van der Waals surface area contributed by atoms with Gasteiger partial charge < -0.3 is 24.4 Å². The summed E-state index contributed by atoms with van der Waals surface area (Å²) in [6.45, 7) is 1.03. The fourth-order valence-electron chi connectivity index (χ4n) is 4.09. The summed E-state index contributed by atoms with van der Waals surface area (Å²) in [7, 11) is 4.63. The lowest BCUT2D eigenvalue weighted by Gasteiger charge is -2.25. The van der Waals surface area contributed by atoms with Crippen LogP contribution in [0.5, 0.6) is 11.5 Å². The number of nitrogens with zero attached hydrogens (tertiary/aromatic N) is 3. The molecule has 1 aliphatic rings. The van der Waals surface area contributed by atoms with Crippen molar-refractivity contribution in [3.05, 3.63) is 47.8 Å². The predicted molar refractivity (Wildman–Crippen MR) is 137 cm³/mol. The van der Waals surface area contributed by atoms with Crippen LogP contribution in [0.4, 0.5) is 13.2 Å². The molecule has 0 saturated heterocycles. The highest BCUT2D eigenvalue weighted by Crippen LogP contribution is 2.38. The maximum atomic E-state index is 13.3. The monoisotopic (exact) mass is 548 g/mol. The molecule has 1 saturated carbocycles. The Kier molecular flexibility index (Phi) is 8.05. The summed E-state index contributed by atoms with van der Waals surface area (Å²) in [5.41, 5.74) is 1.90. The predicted octanol–water partition coefficient (Wildman–Crippen LogP) is 3.83. The molecule has 2 amide bonds. The molecule has 1 aliphatic carbocycles. The Labute approximate surface area is 223 Å². The largest absolute Gasteiger partial charge is 0.496 e. The van der Waals surface area contributed by atoms with Gasteiger partial charge in [0, 0.05) is 37.7 Å². The quantitative estimate of drug-likeness (QED) is 0.392. The van der Waals surface area contributed by atoms with Crippen LogP contribution in [0.2, 0.25) is 0 Å². The van der Waals surface area contributed by atoms with Crippen molar-refractivity contribution >= 4 is 17.3 Å². The van der Waals surface area contributed by atoms with Gasteiger partial charge in [0.25, 0.3) is 5.91 Å². The number of halogens is 3. The van der Waals surface area contributed by atoms with Crippen molar-refractivity contribution in [1.29, 1.82) is 0 Å². The minimum atomic E-state index is -3.20. The van der Waals surface area contributed by atoms with E-state index in [2.05, 4.69) is 15.2 Å². The maximum absolute atomic E-state index is 13.3. The van der Waals surface area contributed by atoms with Crippen molar-refractivity contribution in [3.8, 4) is 22.6 Å². The normalized spacial score (nSPS) is 16.8. The summed E-state index contributed by atoms with van der Waals surface area (Å²) < 4.78 is 57.2. The molecule has 210 valence electrons. The van der Waals surface area contributed by atoms with E-state index >= 15 is 0 Å². The smallest absolute Gasteiger partial charge is 0.387 e. The fraction of sp³-hybridized carbons (Fsp3) is 0.444. The number of carbonyl (C=O) groups is 2. The summed E-state index contributed by atoms with van der Waals surface area (Å²) in [6, 6.07) is 5.90. The number of fused-ring (bicyclic) bond motifs is 1. The molecule has 0 bridgehead atoms. The molecule has 2 heterocycles. The summed E-state index contributed by atoms with van der Waals surface area (Å²) in [5.74, 6) is -1.29. The van der Waals surface area contributed by atoms with Gasteiger partial charge in [-0.25, -0.2) is 8.91 Å². The SMILES string of the molecule is COc1cc(-c2cnn3cc(C(C)(C)COCC(=O)N(C)C)ccc23)cc(OC(F)F)c1C(=O)N[C@@H]1C[C@@H]1F. The molecular formula is C27H31F3N4O5. The molecule has 1 fully saturated rings. The number of nitrogens with one attached hydrogen (secondary N) is 1. The Morgan fingerprint density at radius 3 is 2.54 bits per heavy atom. The third kappa shape index (κ3) is 6.27. The lowest BCUT2D eigenvalue weighted by atomic mass is 9.86. The molecule has 0 spiro atoms. The minimum Gasteiger partial charge on any atom is -0.496 e. The average Bonchev–Trinajstić information content (AvgIpc) is 3.39. The van der Waals surface area contributed by atoms with Crippen LogP contribution < -0.4 is 14.8 Å². The molecule has 12 heteroatoms. The average molecular weight is 549 g/mol. The van der Waals surface area contributed by atoms with Crippen molar-refractivity contribution in [3.63, 3.8) is 0 Å².